The number of para-hydroxylation sites is 1. The van der Waals surface area contributed by atoms with Crippen molar-refractivity contribution >= 4 is 0 Å². The number of aliphatic hydroxyl groups excluding tert-OH is 1. The highest BCUT2D eigenvalue weighted by molar-refractivity contribution is 5.35. The first-order valence-electron chi connectivity index (χ1n) is 4.73. The van der Waals surface area contributed by atoms with E-state index in [2.05, 4.69) is 0 Å². The van der Waals surface area contributed by atoms with Crippen molar-refractivity contribution in [3.63, 3.8) is 0 Å². The van der Waals surface area contributed by atoms with Gasteiger partial charge in [-0.1, -0.05) is 18.2 Å². The summed E-state index contributed by atoms with van der Waals surface area (Å²) in [6.07, 6.45) is 0.487. The predicted octanol–water partition coefficient (Wildman–Crippen LogP) is 1.20. The van der Waals surface area contributed by atoms with Gasteiger partial charge >= 0.3 is 0 Å². The maximum atomic E-state index is 9.16. The fourth-order valence-electron chi connectivity index (χ4n) is 1.78. The van der Waals surface area contributed by atoms with Crippen molar-refractivity contribution in [3.8, 4) is 5.75 Å². The Morgan fingerprint density at radius 2 is 2.29 bits per heavy atom. The Morgan fingerprint density at radius 1 is 1.50 bits per heavy atom. The smallest absolute Gasteiger partial charge is 0.204 e. The van der Waals surface area contributed by atoms with Gasteiger partial charge in [-0.15, -0.1) is 0 Å². The van der Waals surface area contributed by atoms with Crippen LogP contribution in [0.5, 0.6) is 5.75 Å². The van der Waals surface area contributed by atoms with Gasteiger partial charge in [-0.05, 0) is 18.1 Å². The molecular weight excluding hydrogens is 180 g/mol. The van der Waals surface area contributed by atoms with Crippen molar-refractivity contribution in [2.45, 2.75) is 12.7 Å². The topological polar surface area (TPSA) is 38.7 Å². The number of fused-ring (bicyclic) bond motifs is 1. The molecular formula is C11H14O3. The molecule has 3 heteroatoms. The van der Waals surface area contributed by atoms with Gasteiger partial charge in [0.15, 0.2) is 0 Å². The van der Waals surface area contributed by atoms with E-state index in [9.17, 15) is 0 Å². The summed E-state index contributed by atoms with van der Waals surface area (Å²) in [5.41, 5.74) is 1.14. The van der Waals surface area contributed by atoms with Crippen LogP contribution in [-0.2, 0) is 11.2 Å². The molecule has 0 aromatic heterocycles. The Hall–Kier alpha value is -1.06. The molecule has 0 bridgehead atoms. The molecule has 2 unspecified atom stereocenters. The number of benzene rings is 1. The molecule has 0 saturated carbocycles. The van der Waals surface area contributed by atoms with Crippen LogP contribution in [0.25, 0.3) is 0 Å². The zero-order chi connectivity index (χ0) is 9.97. The first-order chi connectivity index (χ1) is 6.85. The number of aliphatic hydroxyl groups is 1. The van der Waals surface area contributed by atoms with Gasteiger partial charge in [0.25, 0.3) is 0 Å². The van der Waals surface area contributed by atoms with E-state index in [0.717, 1.165) is 17.7 Å². The summed E-state index contributed by atoms with van der Waals surface area (Å²) in [7, 11) is 1.60. The fourth-order valence-corrected chi connectivity index (χ4v) is 1.78. The van der Waals surface area contributed by atoms with Crippen LogP contribution in [0, 0.1) is 5.92 Å². The Kier molecular flexibility index (Phi) is 2.70. The van der Waals surface area contributed by atoms with Gasteiger partial charge in [0.05, 0.1) is 6.61 Å². The van der Waals surface area contributed by atoms with Gasteiger partial charge in [-0.2, -0.15) is 0 Å². The maximum absolute atomic E-state index is 9.16. The second kappa shape index (κ2) is 3.98. The van der Waals surface area contributed by atoms with Gasteiger partial charge in [-0.3, -0.25) is 0 Å². The average Bonchev–Trinajstić information content (AvgIpc) is 2.27. The molecule has 2 atom stereocenters. The lowest BCUT2D eigenvalue weighted by atomic mass is 9.96. The molecule has 0 spiro atoms. The minimum atomic E-state index is -0.324. The van der Waals surface area contributed by atoms with Crippen LogP contribution in [0.1, 0.15) is 5.56 Å². The molecule has 0 radical (unpaired) electrons. The van der Waals surface area contributed by atoms with Crippen molar-refractivity contribution in [2.75, 3.05) is 13.7 Å². The zero-order valence-corrected chi connectivity index (χ0v) is 8.14. The fraction of sp³-hybridized carbons (Fsp3) is 0.455. The number of rotatable bonds is 2. The lowest BCUT2D eigenvalue weighted by molar-refractivity contribution is -0.113. The monoisotopic (exact) mass is 194 g/mol. The average molecular weight is 194 g/mol. The molecule has 0 amide bonds. The Bertz CT molecular complexity index is 280. The van der Waals surface area contributed by atoms with Gasteiger partial charge < -0.3 is 14.6 Å². The zero-order valence-electron chi connectivity index (χ0n) is 8.14. The summed E-state index contributed by atoms with van der Waals surface area (Å²) in [4.78, 5) is 0. The predicted molar refractivity (Wildman–Crippen MR) is 52.1 cm³/mol. The quantitative estimate of drug-likeness (QED) is 0.769. The first-order valence-corrected chi connectivity index (χ1v) is 4.73. The van der Waals surface area contributed by atoms with E-state index >= 15 is 0 Å². The molecule has 1 heterocycles. The summed E-state index contributed by atoms with van der Waals surface area (Å²) >= 11 is 0. The highest BCUT2D eigenvalue weighted by atomic mass is 16.7. The summed E-state index contributed by atoms with van der Waals surface area (Å²) in [6.45, 7) is 0.0901. The van der Waals surface area contributed by atoms with Crippen LogP contribution in [-0.4, -0.2) is 25.1 Å². The van der Waals surface area contributed by atoms with Crippen molar-refractivity contribution in [2.24, 2.45) is 5.92 Å². The summed E-state index contributed by atoms with van der Waals surface area (Å²) in [5, 5.41) is 9.16. The molecule has 2 rings (SSSR count). The van der Waals surface area contributed by atoms with Gasteiger partial charge in [0.2, 0.25) is 6.29 Å². The molecule has 76 valence electrons. The van der Waals surface area contributed by atoms with Crippen LogP contribution < -0.4 is 4.74 Å². The second-order valence-electron chi connectivity index (χ2n) is 3.48. The highest BCUT2D eigenvalue weighted by Gasteiger charge is 2.28. The van der Waals surface area contributed by atoms with Crippen molar-refractivity contribution in [3.05, 3.63) is 29.8 Å². The Labute approximate surface area is 83.3 Å². The highest BCUT2D eigenvalue weighted by Crippen LogP contribution is 2.30. The van der Waals surface area contributed by atoms with E-state index in [1.165, 1.54) is 0 Å². The third-order valence-corrected chi connectivity index (χ3v) is 2.55. The molecule has 1 aromatic rings. The van der Waals surface area contributed by atoms with Crippen LogP contribution >= 0.6 is 0 Å². The SMILES string of the molecule is COC1Oc2ccccc2CC1CO. The van der Waals surface area contributed by atoms with Crippen LogP contribution in [0.4, 0.5) is 0 Å². The molecule has 1 N–H and O–H groups in total. The second-order valence-corrected chi connectivity index (χ2v) is 3.48. The summed E-state index contributed by atoms with van der Waals surface area (Å²) < 4.78 is 10.8. The Morgan fingerprint density at radius 3 is 3.00 bits per heavy atom. The normalized spacial score (nSPS) is 25.3. The molecule has 1 aromatic carbocycles. The van der Waals surface area contributed by atoms with Crippen molar-refractivity contribution in [1.29, 1.82) is 0 Å². The molecule has 3 nitrogen and oxygen atoms in total. The molecule has 0 aliphatic carbocycles. The largest absolute Gasteiger partial charge is 0.464 e. The maximum Gasteiger partial charge on any atom is 0.204 e. The van der Waals surface area contributed by atoms with E-state index in [0.29, 0.717) is 0 Å². The number of ether oxygens (including phenoxy) is 2. The van der Waals surface area contributed by atoms with Crippen molar-refractivity contribution < 1.29 is 14.6 Å². The van der Waals surface area contributed by atoms with E-state index in [4.69, 9.17) is 14.6 Å². The molecule has 0 fully saturated rings. The van der Waals surface area contributed by atoms with E-state index in [-0.39, 0.29) is 18.8 Å². The molecule has 14 heavy (non-hydrogen) atoms. The minimum Gasteiger partial charge on any atom is -0.464 e. The van der Waals surface area contributed by atoms with Crippen LogP contribution in [0.15, 0.2) is 24.3 Å². The lowest BCUT2D eigenvalue weighted by Gasteiger charge is -2.31. The van der Waals surface area contributed by atoms with Crippen LogP contribution in [0.3, 0.4) is 0 Å². The molecule has 0 saturated heterocycles. The number of hydrogen-bond donors (Lipinski definition) is 1. The summed E-state index contributed by atoms with van der Waals surface area (Å²) in [5.74, 6) is 0.902. The van der Waals surface area contributed by atoms with E-state index < -0.39 is 0 Å². The van der Waals surface area contributed by atoms with E-state index in [1.807, 2.05) is 24.3 Å². The van der Waals surface area contributed by atoms with Gasteiger partial charge in [-0.25, -0.2) is 0 Å². The summed E-state index contributed by atoms with van der Waals surface area (Å²) in [6, 6.07) is 7.85. The third kappa shape index (κ3) is 1.61. The van der Waals surface area contributed by atoms with E-state index in [1.54, 1.807) is 7.11 Å². The standard InChI is InChI=1S/C11H14O3/c1-13-11-9(7-12)6-8-4-2-3-5-10(8)14-11/h2-5,9,11-12H,6-7H2,1H3. The van der Waals surface area contributed by atoms with Crippen LogP contribution in [0.2, 0.25) is 0 Å². The van der Waals surface area contributed by atoms with Gasteiger partial charge in [0.1, 0.15) is 5.75 Å². The Balaban J connectivity index is 2.25. The third-order valence-electron chi connectivity index (χ3n) is 2.55. The number of hydrogen-bond acceptors (Lipinski definition) is 3. The molecule has 1 aliphatic heterocycles. The first kappa shape index (κ1) is 9.49. The van der Waals surface area contributed by atoms with Crippen molar-refractivity contribution in [1.82, 2.24) is 0 Å². The molecule has 1 aliphatic rings. The number of methoxy groups -OCH3 is 1. The lowest BCUT2D eigenvalue weighted by Crippen LogP contribution is -2.36. The minimum absolute atomic E-state index is 0.0369. The van der Waals surface area contributed by atoms with Gasteiger partial charge in [0, 0.05) is 13.0 Å².